The van der Waals surface area contributed by atoms with Crippen LogP contribution in [0.25, 0.3) is 11.3 Å². The van der Waals surface area contributed by atoms with E-state index >= 15 is 0 Å². The first-order chi connectivity index (χ1) is 13.5. The summed E-state index contributed by atoms with van der Waals surface area (Å²) in [6, 6.07) is 8.35. The maximum atomic E-state index is 12.1. The Morgan fingerprint density at radius 3 is 2.75 bits per heavy atom. The van der Waals surface area contributed by atoms with Crippen LogP contribution < -0.4 is 10.9 Å². The third kappa shape index (κ3) is 4.66. The number of rotatable bonds is 6. The third-order valence-corrected chi connectivity index (χ3v) is 4.10. The Bertz CT molecular complexity index is 1060. The largest absolute Gasteiger partial charge is 0.465 e. The predicted molar refractivity (Wildman–Crippen MR) is 102 cm³/mol. The minimum absolute atomic E-state index is 0.0397. The number of hydrogen-bond donors (Lipinski definition) is 2. The summed E-state index contributed by atoms with van der Waals surface area (Å²) in [4.78, 5) is 42.0. The van der Waals surface area contributed by atoms with E-state index in [1.807, 2.05) is 0 Å². The summed E-state index contributed by atoms with van der Waals surface area (Å²) in [5, 5.41) is 3.09. The fourth-order valence-electron chi connectivity index (χ4n) is 2.42. The van der Waals surface area contributed by atoms with Crippen LogP contribution in [0.5, 0.6) is 0 Å². The van der Waals surface area contributed by atoms with Crippen LogP contribution >= 0.6 is 11.6 Å². The number of oxazole rings is 1. The Morgan fingerprint density at radius 2 is 2.04 bits per heavy atom. The van der Waals surface area contributed by atoms with Crippen molar-refractivity contribution in [2.45, 2.75) is 12.8 Å². The number of aromatic amines is 1. The van der Waals surface area contributed by atoms with Crippen LogP contribution in [-0.2, 0) is 16.0 Å². The highest BCUT2D eigenvalue weighted by atomic mass is 35.5. The molecule has 2 aromatic heterocycles. The van der Waals surface area contributed by atoms with Crippen LogP contribution in [0.1, 0.15) is 22.7 Å². The molecule has 0 aliphatic rings. The molecule has 0 atom stereocenters. The number of H-pyrrole nitrogens is 1. The van der Waals surface area contributed by atoms with Gasteiger partial charge in [0.1, 0.15) is 5.69 Å². The molecule has 2 N–H and O–H groups in total. The normalized spacial score (nSPS) is 10.5. The van der Waals surface area contributed by atoms with Gasteiger partial charge in [-0.1, -0.05) is 11.6 Å². The molecular formula is C19H16ClN3O5. The standard InChI is InChI=1S/C19H16ClN3O5/c1-27-19(26)12-8-14(18(25)22-9-12)23-16(24)6-7-17-21-10-15(28-17)11-2-4-13(20)5-3-11/h2-5,8-10H,6-7H2,1H3,(H,22,25)(H,23,24). The Morgan fingerprint density at radius 1 is 1.29 bits per heavy atom. The fourth-order valence-corrected chi connectivity index (χ4v) is 2.54. The van der Waals surface area contributed by atoms with E-state index < -0.39 is 17.4 Å². The fraction of sp³-hybridized carbons (Fsp3) is 0.158. The average Bonchev–Trinajstić information content (AvgIpc) is 3.17. The number of aryl methyl sites for hydroxylation is 1. The monoisotopic (exact) mass is 401 g/mol. The number of nitrogens with zero attached hydrogens (tertiary/aromatic N) is 1. The molecule has 0 aliphatic carbocycles. The van der Waals surface area contributed by atoms with Gasteiger partial charge in [0.2, 0.25) is 5.91 Å². The summed E-state index contributed by atoms with van der Waals surface area (Å²) < 4.78 is 10.2. The molecule has 0 radical (unpaired) electrons. The number of carbonyl (C=O) groups excluding carboxylic acids is 2. The molecule has 0 saturated carbocycles. The van der Waals surface area contributed by atoms with E-state index in [0.717, 1.165) is 5.56 Å². The summed E-state index contributed by atoms with van der Waals surface area (Å²) >= 11 is 5.86. The first-order valence-corrected chi connectivity index (χ1v) is 8.65. The van der Waals surface area contributed by atoms with Crippen molar-refractivity contribution in [3.8, 4) is 11.3 Å². The van der Waals surface area contributed by atoms with Crippen molar-refractivity contribution in [3.63, 3.8) is 0 Å². The zero-order chi connectivity index (χ0) is 20.1. The quantitative estimate of drug-likeness (QED) is 0.613. The molecule has 0 bridgehead atoms. The summed E-state index contributed by atoms with van der Waals surface area (Å²) in [6.45, 7) is 0. The van der Waals surface area contributed by atoms with Gasteiger partial charge in [0.25, 0.3) is 5.56 Å². The van der Waals surface area contributed by atoms with Crippen molar-refractivity contribution in [2.24, 2.45) is 0 Å². The number of halogens is 1. The van der Waals surface area contributed by atoms with Crippen molar-refractivity contribution < 1.29 is 18.7 Å². The maximum Gasteiger partial charge on any atom is 0.339 e. The van der Waals surface area contributed by atoms with E-state index in [-0.39, 0.29) is 24.1 Å². The number of amides is 1. The summed E-state index contributed by atoms with van der Waals surface area (Å²) in [5.74, 6) is -0.0911. The van der Waals surface area contributed by atoms with E-state index in [1.54, 1.807) is 30.5 Å². The molecule has 3 rings (SSSR count). The lowest BCUT2D eigenvalue weighted by molar-refractivity contribution is -0.116. The Labute approximate surface area is 164 Å². The van der Waals surface area contributed by atoms with Gasteiger partial charge in [-0.3, -0.25) is 9.59 Å². The minimum atomic E-state index is -0.624. The molecular weight excluding hydrogens is 386 g/mol. The Balaban J connectivity index is 1.61. The van der Waals surface area contributed by atoms with E-state index in [2.05, 4.69) is 20.0 Å². The minimum Gasteiger partial charge on any atom is -0.465 e. The molecule has 3 aromatic rings. The number of methoxy groups -OCH3 is 1. The van der Waals surface area contributed by atoms with Crippen molar-refractivity contribution in [1.29, 1.82) is 0 Å². The number of carbonyl (C=O) groups is 2. The van der Waals surface area contributed by atoms with Crippen LogP contribution in [0.15, 0.2) is 51.9 Å². The number of nitrogens with one attached hydrogen (secondary N) is 2. The molecule has 0 saturated heterocycles. The number of ether oxygens (including phenoxy) is 1. The molecule has 1 amide bonds. The van der Waals surface area contributed by atoms with Gasteiger partial charge >= 0.3 is 5.97 Å². The highest BCUT2D eigenvalue weighted by Crippen LogP contribution is 2.22. The lowest BCUT2D eigenvalue weighted by atomic mass is 10.2. The molecule has 28 heavy (non-hydrogen) atoms. The average molecular weight is 402 g/mol. The number of aromatic nitrogens is 2. The van der Waals surface area contributed by atoms with Crippen molar-refractivity contribution in [2.75, 3.05) is 12.4 Å². The van der Waals surface area contributed by atoms with Crippen LogP contribution in [0.3, 0.4) is 0 Å². The molecule has 0 unspecified atom stereocenters. The van der Waals surface area contributed by atoms with E-state index in [1.165, 1.54) is 19.4 Å². The first kappa shape index (κ1) is 19.4. The van der Waals surface area contributed by atoms with Crippen LogP contribution in [0.2, 0.25) is 5.02 Å². The maximum absolute atomic E-state index is 12.1. The van der Waals surface area contributed by atoms with Crippen LogP contribution in [0, 0.1) is 0 Å². The molecule has 0 fully saturated rings. The van der Waals surface area contributed by atoms with Crippen molar-refractivity contribution in [1.82, 2.24) is 9.97 Å². The van der Waals surface area contributed by atoms with Gasteiger partial charge < -0.3 is 19.5 Å². The van der Waals surface area contributed by atoms with Crippen LogP contribution in [0.4, 0.5) is 5.69 Å². The van der Waals surface area contributed by atoms with E-state index in [9.17, 15) is 14.4 Å². The number of hydrogen-bond acceptors (Lipinski definition) is 6. The van der Waals surface area contributed by atoms with Gasteiger partial charge in [-0.15, -0.1) is 0 Å². The summed E-state index contributed by atoms with van der Waals surface area (Å²) in [7, 11) is 1.22. The predicted octanol–water partition coefficient (Wildman–Crippen LogP) is 3.04. The highest BCUT2D eigenvalue weighted by molar-refractivity contribution is 6.30. The van der Waals surface area contributed by atoms with Gasteiger partial charge in [0, 0.05) is 29.6 Å². The van der Waals surface area contributed by atoms with Crippen molar-refractivity contribution in [3.05, 3.63) is 69.6 Å². The number of pyridine rings is 1. The molecule has 0 spiro atoms. The second-order valence-corrected chi connectivity index (χ2v) is 6.23. The topological polar surface area (TPSA) is 114 Å². The molecule has 9 heteroatoms. The second-order valence-electron chi connectivity index (χ2n) is 5.80. The zero-order valence-electron chi connectivity index (χ0n) is 14.8. The SMILES string of the molecule is COC(=O)c1c[nH]c(=O)c(NC(=O)CCc2ncc(-c3ccc(Cl)cc3)o2)c1. The third-order valence-electron chi connectivity index (χ3n) is 3.85. The van der Waals surface area contributed by atoms with Gasteiger partial charge in [0.05, 0.1) is 18.9 Å². The number of anilines is 1. The van der Waals surface area contributed by atoms with Gasteiger partial charge in [-0.25, -0.2) is 9.78 Å². The van der Waals surface area contributed by atoms with E-state index in [0.29, 0.717) is 16.7 Å². The van der Waals surface area contributed by atoms with Crippen molar-refractivity contribution >= 4 is 29.2 Å². The summed E-state index contributed by atoms with van der Waals surface area (Å²) in [5.41, 5.74) is 0.376. The lowest BCUT2D eigenvalue weighted by Crippen LogP contribution is -2.21. The van der Waals surface area contributed by atoms with Gasteiger partial charge in [-0.2, -0.15) is 0 Å². The van der Waals surface area contributed by atoms with Crippen LogP contribution in [-0.4, -0.2) is 29.0 Å². The van der Waals surface area contributed by atoms with Gasteiger partial charge in [-0.05, 0) is 30.3 Å². The van der Waals surface area contributed by atoms with E-state index in [4.69, 9.17) is 16.0 Å². The molecule has 1 aromatic carbocycles. The molecule has 144 valence electrons. The Kier molecular flexibility index (Phi) is 5.90. The number of esters is 1. The highest BCUT2D eigenvalue weighted by Gasteiger charge is 2.13. The van der Waals surface area contributed by atoms with Gasteiger partial charge in [0.15, 0.2) is 11.7 Å². The first-order valence-electron chi connectivity index (χ1n) is 8.28. The number of benzene rings is 1. The zero-order valence-corrected chi connectivity index (χ0v) is 15.6. The molecule has 8 nitrogen and oxygen atoms in total. The Hall–Kier alpha value is -3.39. The smallest absolute Gasteiger partial charge is 0.339 e. The molecule has 2 heterocycles. The summed E-state index contributed by atoms with van der Waals surface area (Å²) in [6.07, 6.45) is 3.08. The second kappa shape index (κ2) is 8.53. The molecule has 0 aliphatic heterocycles. The lowest BCUT2D eigenvalue weighted by Gasteiger charge is -2.05.